The molecule has 0 bridgehead atoms. The van der Waals surface area contributed by atoms with E-state index >= 15 is 0 Å². The predicted molar refractivity (Wildman–Crippen MR) is 65.5 cm³/mol. The number of carbonyl (C=O) groups excluding carboxylic acids is 1. The molecule has 0 saturated carbocycles. The van der Waals surface area contributed by atoms with Crippen molar-refractivity contribution < 1.29 is 4.79 Å². The van der Waals surface area contributed by atoms with Gasteiger partial charge in [-0.15, -0.1) is 0 Å². The molecule has 0 aliphatic carbocycles. The van der Waals surface area contributed by atoms with Gasteiger partial charge >= 0.3 is 0 Å². The van der Waals surface area contributed by atoms with Crippen LogP contribution in [-0.2, 0) is 11.2 Å². The summed E-state index contributed by atoms with van der Waals surface area (Å²) >= 11 is 0. The topological polar surface area (TPSA) is 35.6 Å². The predicted octanol–water partition coefficient (Wildman–Crippen LogP) is 1.48. The Kier molecular flexibility index (Phi) is 2.83. The SMILES string of the molecule is CC(=O)Nc1ccc2c(c1)CCN(C)N2C. The summed E-state index contributed by atoms with van der Waals surface area (Å²) in [4.78, 5) is 11.0. The lowest BCUT2D eigenvalue weighted by Gasteiger charge is -2.36. The molecule has 0 fully saturated rings. The quantitative estimate of drug-likeness (QED) is 0.777. The number of benzene rings is 1. The van der Waals surface area contributed by atoms with E-state index in [1.54, 1.807) is 0 Å². The van der Waals surface area contributed by atoms with Crippen molar-refractivity contribution in [2.24, 2.45) is 0 Å². The molecule has 0 spiro atoms. The van der Waals surface area contributed by atoms with Crippen LogP contribution < -0.4 is 10.3 Å². The number of nitrogens with zero attached hydrogens (tertiary/aromatic N) is 2. The van der Waals surface area contributed by atoms with Crippen LogP contribution in [0, 0.1) is 0 Å². The van der Waals surface area contributed by atoms with E-state index in [9.17, 15) is 4.79 Å². The van der Waals surface area contributed by atoms with E-state index in [0.29, 0.717) is 0 Å². The summed E-state index contributed by atoms with van der Waals surface area (Å²) in [7, 11) is 4.13. The second-order valence-corrected chi connectivity index (χ2v) is 4.18. The maximum atomic E-state index is 11.0. The highest BCUT2D eigenvalue weighted by Crippen LogP contribution is 2.28. The summed E-state index contributed by atoms with van der Waals surface area (Å²) in [6, 6.07) is 6.05. The Labute approximate surface area is 95.8 Å². The largest absolute Gasteiger partial charge is 0.326 e. The Morgan fingerprint density at radius 3 is 2.81 bits per heavy atom. The van der Waals surface area contributed by atoms with Crippen LogP contribution in [0.4, 0.5) is 11.4 Å². The van der Waals surface area contributed by atoms with Crippen molar-refractivity contribution >= 4 is 17.3 Å². The number of hydrazine groups is 1. The average Bonchev–Trinajstić information content (AvgIpc) is 2.23. The highest BCUT2D eigenvalue weighted by molar-refractivity contribution is 5.89. The Hall–Kier alpha value is -1.55. The van der Waals surface area contributed by atoms with Gasteiger partial charge in [-0.2, -0.15) is 0 Å². The number of hydrogen-bond donors (Lipinski definition) is 1. The Morgan fingerprint density at radius 2 is 2.12 bits per heavy atom. The summed E-state index contributed by atoms with van der Waals surface area (Å²) in [5, 5.41) is 7.13. The first-order chi connectivity index (χ1) is 7.58. The highest BCUT2D eigenvalue weighted by atomic mass is 16.1. The van der Waals surface area contributed by atoms with Crippen LogP contribution >= 0.6 is 0 Å². The molecule has 0 unspecified atom stereocenters. The molecule has 4 heteroatoms. The van der Waals surface area contributed by atoms with Crippen LogP contribution in [0.2, 0.25) is 0 Å². The molecule has 2 rings (SSSR count). The molecule has 1 heterocycles. The average molecular weight is 219 g/mol. The van der Waals surface area contributed by atoms with Gasteiger partial charge in [0.25, 0.3) is 0 Å². The number of carbonyl (C=O) groups is 1. The van der Waals surface area contributed by atoms with Crippen molar-refractivity contribution in [3.63, 3.8) is 0 Å². The molecule has 0 radical (unpaired) electrons. The van der Waals surface area contributed by atoms with Crippen molar-refractivity contribution in [2.45, 2.75) is 13.3 Å². The highest BCUT2D eigenvalue weighted by Gasteiger charge is 2.18. The molecular weight excluding hydrogens is 202 g/mol. The van der Waals surface area contributed by atoms with E-state index in [1.165, 1.54) is 18.2 Å². The van der Waals surface area contributed by atoms with E-state index in [0.717, 1.165) is 18.7 Å². The van der Waals surface area contributed by atoms with Crippen molar-refractivity contribution in [1.29, 1.82) is 0 Å². The van der Waals surface area contributed by atoms with E-state index < -0.39 is 0 Å². The van der Waals surface area contributed by atoms with E-state index in [1.807, 2.05) is 6.07 Å². The maximum Gasteiger partial charge on any atom is 0.221 e. The van der Waals surface area contributed by atoms with Gasteiger partial charge in [0.2, 0.25) is 5.91 Å². The normalized spacial score (nSPS) is 15.8. The zero-order chi connectivity index (χ0) is 11.7. The lowest BCUT2D eigenvalue weighted by atomic mass is 10.1. The zero-order valence-corrected chi connectivity index (χ0v) is 9.95. The minimum absolute atomic E-state index is 0.0266. The minimum Gasteiger partial charge on any atom is -0.326 e. The molecule has 1 amide bonds. The van der Waals surface area contributed by atoms with Crippen LogP contribution in [0.1, 0.15) is 12.5 Å². The second-order valence-electron chi connectivity index (χ2n) is 4.18. The van der Waals surface area contributed by atoms with Gasteiger partial charge in [-0.05, 0) is 30.2 Å². The van der Waals surface area contributed by atoms with Crippen molar-refractivity contribution in [2.75, 3.05) is 31.0 Å². The molecular formula is C12H17N3O. The van der Waals surface area contributed by atoms with Crippen LogP contribution in [0.25, 0.3) is 0 Å². The summed E-state index contributed by atoms with van der Waals surface area (Å²) in [6.07, 6.45) is 1.02. The van der Waals surface area contributed by atoms with Crippen molar-refractivity contribution in [1.82, 2.24) is 5.01 Å². The Balaban J connectivity index is 2.29. The molecule has 1 aromatic carbocycles. The van der Waals surface area contributed by atoms with Crippen molar-refractivity contribution in [3.05, 3.63) is 23.8 Å². The second kappa shape index (κ2) is 4.14. The fourth-order valence-electron chi connectivity index (χ4n) is 2.00. The van der Waals surface area contributed by atoms with Crippen LogP contribution in [0.5, 0.6) is 0 Å². The van der Waals surface area contributed by atoms with Crippen LogP contribution in [-0.4, -0.2) is 31.6 Å². The summed E-state index contributed by atoms with van der Waals surface area (Å²) in [5.74, 6) is -0.0266. The number of anilines is 2. The van der Waals surface area contributed by atoms with E-state index in [4.69, 9.17) is 0 Å². The molecule has 1 aliphatic rings. The molecule has 86 valence electrons. The molecule has 1 aromatic rings. The first-order valence-corrected chi connectivity index (χ1v) is 5.43. The van der Waals surface area contributed by atoms with Gasteiger partial charge in [0.15, 0.2) is 0 Å². The first kappa shape index (κ1) is 11.0. The number of amides is 1. The third kappa shape index (κ3) is 2.02. The van der Waals surface area contributed by atoms with Gasteiger partial charge in [0, 0.05) is 33.3 Å². The fourth-order valence-corrected chi connectivity index (χ4v) is 2.00. The number of rotatable bonds is 1. The monoisotopic (exact) mass is 219 g/mol. The number of hydrogen-bond acceptors (Lipinski definition) is 3. The van der Waals surface area contributed by atoms with Crippen molar-refractivity contribution in [3.8, 4) is 0 Å². The van der Waals surface area contributed by atoms with Gasteiger partial charge in [-0.3, -0.25) is 4.79 Å². The first-order valence-electron chi connectivity index (χ1n) is 5.43. The number of fused-ring (bicyclic) bond motifs is 1. The molecule has 0 aromatic heterocycles. The fraction of sp³-hybridized carbons (Fsp3) is 0.417. The molecule has 0 saturated heterocycles. The third-order valence-electron chi connectivity index (χ3n) is 2.97. The van der Waals surface area contributed by atoms with Crippen LogP contribution in [0.3, 0.4) is 0 Å². The molecule has 16 heavy (non-hydrogen) atoms. The lowest BCUT2D eigenvalue weighted by Crippen LogP contribution is -2.41. The van der Waals surface area contributed by atoms with Gasteiger partial charge < -0.3 is 10.3 Å². The molecule has 1 aliphatic heterocycles. The van der Waals surface area contributed by atoms with E-state index in [-0.39, 0.29) is 5.91 Å². The minimum atomic E-state index is -0.0266. The standard InChI is InChI=1S/C12H17N3O/c1-9(16)13-11-4-5-12-10(8-11)6-7-14(2)15(12)3/h4-5,8H,6-7H2,1-3H3,(H,13,16). The van der Waals surface area contributed by atoms with Gasteiger partial charge in [0.1, 0.15) is 0 Å². The smallest absolute Gasteiger partial charge is 0.221 e. The third-order valence-corrected chi connectivity index (χ3v) is 2.97. The molecule has 1 N–H and O–H groups in total. The number of likely N-dealkylation sites (N-methyl/N-ethyl adjacent to an activating group) is 1. The summed E-state index contributed by atoms with van der Waals surface area (Å²) in [5.41, 5.74) is 3.37. The molecule has 0 atom stereocenters. The van der Waals surface area contributed by atoms with Gasteiger partial charge in [-0.1, -0.05) is 0 Å². The number of nitrogens with one attached hydrogen (secondary N) is 1. The summed E-state index contributed by atoms with van der Waals surface area (Å²) in [6.45, 7) is 2.53. The summed E-state index contributed by atoms with van der Waals surface area (Å²) < 4.78 is 0. The Bertz CT molecular complexity index is 417. The van der Waals surface area contributed by atoms with Crippen LogP contribution in [0.15, 0.2) is 18.2 Å². The zero-order valence-electron chi connectivity index (χ0n) is 9.95. The van der Waals surface area contributed by atoms with Gasteiger partial charge in [-0.25, -0.2) is 5.01 Å². The van der Waals surface area contributed by atoms with E-state index in [2.05, 4.69) is 41.6 Å². The van der Waals surface area contributed by atoms with Gasteiger partial charge in [0.05, 0.1) is 5.69 Å². The lowest BCUT2D eigenvalue weighted by molar-refractivity contribution is -0.114. The Morgan fingerprint density at radius 1 is 1.38 bits per heavy atom. The molecule has 4 nitrogen and oxygen atoms in total. The maximum absolute atomic E-state index is 11.0.